The van der Waals surface area contributed by atoms with Crippen LogP contribution in [-0.2, 0) is 6.54 Å². The van der Waals surface area contributed by atoms with Crippen molar-refractivity contribution >= 4 is 13.3 Å². The van der Waals surface area contributed by atoms with Crippen LogP contribution in [0.5, 0.6) is 0 Å². The number of nitriles is 1. The van der Waals surface area contributed by atoms with E-state index in [1.807, 2.05) is 6.07 Å². The number of nitrogens with zero attached hydrogens (tertiary/aromatic N) is 1. The molecule has 0 saturated carbocycles. The van der Waals surface area contributed by atoms with Crippen LogP contribution in [0.25, 0.3) is 0 Å². The predicted octanol–water partition coefficient (Wildman–Crippen LogP) is -0.189. The molecule has 0 aliphatic carbocycles. The molecule has 0 spiro atoms. The van der Waals surface area contributed by atoms with Gasteiger partial charge in [-0.15, -0.1) is 0 Å². The maximum Gasteiger partial charge on any atom is 0.115 e. The van der Waals surface area contributed by atoms with Gasteiger partial charge in [-0.1, -0.05) is 17.6 Å². The van der Waals surface area contributed by atoms with Crippen molar-refractivity contribution in [2.24, 2.45) is 5.73 Å². The molecule has 0 unspecified atom stereocenters. The lowest BCUT2D eigenvalue weighted by molar-refractivity contribution is 1.07. The van der Waals surface area contributed by atoms with Crippen molar-refractivity contribution in [1.29, 1.82) is 5.26 Å². The first-order valence-corrected chi connectivity index (χ1v) is 3.26. The van der Waals surface area contributed by atoms with E-state index in [9.17, 15) is 0 Å². The Balaban J connectivity index is 3.12. The first-order valence-electron chi connectivity index (χ1n) is 3.26. The quantitative estimate of drug-likeness (QED) is 0.552. The lowest BCUT2D eigenvalue weighted by atomic mass is 9.89. The average Bonchev–Trinajstić information content (AvgIpc) is 2.04. The van der Waals surface area contributed by atoms with Crippen molar-refractivity contribution in [2.45, 2.75) is 6.54 Å². The van der Waals surface area contributed by atoms with Crippen LogP contribution < -0.4 is 11.2 Å². The summed E-state index contributed by atoms with van der Waals surface area (Å²) in [5.74, 6) is 0. The van der Waals surface area contributed by atoms with E-state index in [0.717, 1.165) is 5.56 Å². The van der Waals surface area contributed by atoms with E-state index < -0.39 is 0 Å². The summed E-state index contributed by atoms with van der Waals surface area (Å²) in [5.41, 5.74) is 7.32. The Kier molecular flexibility index (Phi) is 2.30. The van der Waals surface area contributed by atoms with Gasteiger partial charge in [0.2, 0.25) is 0 Å². The molecule has 0 aromatic heterocycles. The number of hydrogen-bond acceptors (Lipinski definition) is 2. The van der Waals surface area contributed by atoms with Crippen LogP contribution in [-0.4, -0.2) is 7.85 Å². The molecule has 0 amide bonds. The summed E-state index contributed by atoms with van der Waals surface area (Å²) in [4.78, 5) is 0. The van der Waals surface area contributed by atoms with Crippen molar-refractivity contribution < 1.29 is 0 Å². The lowest BCUT2D eigenvalue weighted by Crippen LogP contribution is -2.10. The summed E-state index contributed by atoms with van der Waals surface area (Å²) in [5, 5.41) is 8.52. The van der Waals surface area contributed by atoms with Gasteiger partial charge in [-0.05, 0) is 11.6 Å². The normalized spacial score (nSPS) is 9.09. The van der Waals surface area contributed by atoms with Gasteiger partial charge in [-0.3, -0.25) is 0 Å². The van der Waals surface area contributed by atoms with Crippen LogP contribution in [0.15, 0.2) is 18.2 Å². The van der Waals surface area contributed by atoms with Gasteiger partial charge in [-0.2, -0.15) is 5.26 Å². The van der Waals surface area contributed by atoms with Gasteiger partial charge >= 0.3 is 0 Å². The van der Waals surface area contributed by atoms with Crippen LogP contribution in [0.1, 0.15) is 11.1 Å². The molecule has 1 aromatic carbocycles. The minimum absolute atomic E-state index is 0.454. The number of rotatable bonds is 1. The van der Waals surface area contributed by atoms with E-state index in [-0.39, 0.29) is 0 Å². The zero-order valence-electron chi connectivity index (χ0n) is 6.04. The van der Waals surface area contributed by atoms with Gasteiger partial charge in [0.1, 0.15) is 7.85 Å². The minimum Gasteiger partial charge on any atom is -0.326 e. The van der Waals surface area contributed by atoms with Crippen LogP contribution in [0.2, 0.25) is 0 Å². The molecule has 2 radical (unpaired) electrons. The van der Waals surface area contributed by atoms with Gasteiger partial charge in [-0.25, -0.2) is 0 Å². The fourth-order valence-electron chi connectivity index (χ4n) is 0.841. The second-order valence-electron chi connectivity index (χ2n) is 2.24. The van der Waals surface area contributed by atoms with Crippen molar-refractivity contribution in [3.8, 4) is 6.07 Å². The molecule has 1 rings (SSSR count). The molecule has 2 N–H and O–H groups in total. The van der Waals surface area contributed by atoms with Gasteiger partial charge in [0, 0.05) is 12.1 Å². The fourth-order valence-corrected chi connectivity index (χ4v) is 0.841. The molecule has 52 valence electrons. The zero-order valence-corrected chi connectivity index (χ0v) is 6.04. The Bertz CT molecular complexity index is 301. The predicted molar refractivity (Wildman–Crippen MR) is 44.4 cm³/mol. The molecule has 0 bridgehead atoms. The number of nitrogens with two attached hydrogens (primary N) is 1. The van der Waals surface area contributed by atoms with Crippen molar-refractivity contribution in [2.75, 3.05) is 0 Å². The van der Waals surface area contributed by atoms with Crippen molar-refractivity contribution in [3.05, 3.63) is 29.3 Å². The summed E-state index contributed by atoms with van der Waals surface area (Å²) in [6.45, 7) is 0.454. The standard InChI is InChI=1S/C8H7BN2/c9-8-3-6(4-10)1-2-7(8)5-11/h1-3H,4,10H2. The second-order valence-corrected chi connectivity index (χ2v) is 2.24. The monoisotopic (exact) mass is 142 g/mol. The van der Waals surface area contributed by atoms with E-state index in [2.05, 4.69) is 0 Å². The topological polar surface area (TPSA) is 49.8 Å². The van der Waals surface area contributed by atoms with E-state index in [4.69, 9.17) is 18.8 Å². The smallest absolute Gasteiger partial charge is 0.115 e. The summed E-state index contributed by atoms with van der Waals surface area (Å²) in [7, 11) is 5.53. The Labute approximate surface area is 67.0 Å². The molecule has 11 heavy (non-hydrogen) atoms. The lowest BCUT2D eigenvalue weighted by Gasteiger charge is -1.99. The van der Waals surface area contributed by atoms with E-state index >= 15 is 0 Å². The highest BCUT2D eigenvalue weighted by atomic mass is 14.5. The van der Waals surface area contributed by atoms with Gasteiger partial charge in [0.15, 0.2) is 0 Å². The van der Waals surface area contributed by atoms with Crippen LogP contribution in [0.4, 0.5) is 0 Å². The SMILES string of the molecule is [B]c1cc(CN)ccc1C#N. The van der Waals surface area contributed by atoms with Crippen LogP contribution in [0, 0.1) is 11.3 Å². The Morgan fingerprint density at radius 3 is 2.73 bits per heavy atom. The van der Waals surface area contributed by atoms with Crippen molar-refractivity contribution in [1.82, 2.24) is 0 Å². The molecule has 0 fully saturated rings. The number of benzene rings is 1. The first kappa shape index (κ1) is 7.84. The highest BCUT2D eigenvalue weighted by Gasteiger charge is 1.95. The highest BCUT2D eigenvalue weighted by molar-refractivity contribution is 6.33. The fraction of sp³-hybridized carbons (Fsp3) is 0.125. The third-order valence-electron chi connectivity index (χ3n) is 1.47. The summed E-state index contributed by atoms with van der Waals surface area (Å²) in [6.07, 6.45) is 0. The Morgan fingerprint density at radius 1 is 1.55 bits per heavy atom. The van der Waals surface area contributed by atoms with Crippen molar-refractivity contribution in [3.63, 3.8) is 0 Å². The Hall–Kier alpha value is -1.27. The largest absolute Gasteiger partial charge is 0.326 e. The molecule has 0 saturated heterocycles. The molecule has 2 nitrogen and oxygen atoms in total. The molecule has 3 heteroatoms. The van der Waals surface area contributed by atoms with E-state index in [0.29, 0.717) is 17.6 Å². The maximum absolute atomic E-state index is 8.52. The molecule has 0 atom stereocenters. The molecular formula is C8H7BN2. The molecule has 0 aliphatic heterocycles. The highest BCUT2D eigenvalue weighted by Crippen LogP contribution is 1.98. The molecule has 0 aliphatic rings. The molecular weight excluding hydrogens is 135 g/mol. The summed E-state index contributed by atoms with van der Waals surface area (Å²) < 4.78 is 0. The van der Waals surface area contributed by atoms with Gasteiger partial charge in [0.05, 0.1) is 6.07 Å². The molecule has 0 heterocycles. The van der Waals surface area contributed by atoms with E-state index in [1.54, 1.807) is 18.2 Å². The van der Waals surface area contributed by atoms with Crippen LogP contribution in [0.3, 0.4) is 0 Å². The third kappa shape index (κ3) is 1.60. The molecule has 1 aromatic rings. The van der Waals surface area contributed by atoms with Crippen LogP contribution >= 0.6 is 0 Å². The minimum atomic E-state index is 0.454. The average molecular weight is 142 g/mol. The Morgan fingerprint density at radius 2 is 2.27 bits per heavy atom. The second kappa shape index (κ2) is 3.22. The van der Waals surface area contributed by atoms with E-state index in [1.165, 1.54) is 0 Å². The van der Waals surface area contributed by atoms with Gasteiger partial charge < -0.3 is 5.73 Å². The maximum atomic E-state index is 8.52. The number of hydrogen-bond donors (Lipinski definition) is 1. The third-order valence-corrected chi connectivity index (χ3v) is 1.47. The van der Waals surface area contributed by atoms with Gasteiger partial charge in [0.25, 0.3) is 0 Å². The summed E-state index contributed by atoms with van der Waals surface area (Å²) >= 11 is 0. The zero-order chi connectivity index (χ0) is 8.27. The summed E-state index contributed by atoms with van der Waals surface area (Å²) in [6, 6.07) is 7.18. The first-order chi connectivity index (χ1) is 5.27.